The van der Waals surface area contributed by atoms with Crippen LogP contribution in [0.15, 0.2) is 6.33 Å². The van der Waals surface area contributed by atoms with Crippen molar-refractivity contribution in [2.45, 2.75) is 58.5 Å². The first-order valence-corrected chi connectivity index (χ1v) is 6.89. The van der Waals surface area contributed by atoms with Gasteiger partial charge in [0, 0.05) is 19.0 Å². The first-order chi connectivity index (χ1) is 8.29. The quantitative estimate of drug-likeness (QED) is 0.751. The summed E-state index contributed by atoms with van der Waals surface area (Å²) in [7, 11) is 0. The van der Waals surface area contributed by atoms with E-state index in [-0.39, 0.29) is 0 Å². The second-order valence-electron chi connectivity index (χ2n) is 5.23. The molecule has 0 saturated heterocycles. The van der Waals surface area contributed by atoms with Gasteiger partial charge in [-0.05, 0) is 38.1 Å². The van der Waals surface area contributed by atoms with Crippen LogP contribution in [0.1, 0.15) is 45.4 Å². The highest BCUT2D eigenvalue weighted by molar-refractivity contribution is 4.87. The van der Waals surface area contributed by atoms with E-state index in [4.69, 9.17) is 0 Å². The fourth-order valence-corrected chi connectivity index (χ4v) is 2.08. The Morgan fingerprint density at radius 2 is 2.35 bits per heavy atom. The van der Waals surface area contributed by atoms with Crippen molar-refractivity contribution in [3.8, 4) is 0 Å². The summed E-state index contributed by atoms with van der Waals surface area (Å²) in [5.74, 6) is 1.83. The molecule has 0 amide bonds. The molecule has 1 N–H and O–H groups in total. The van der Waals surface area contributed by atoms with Crippen LogP contribution >= 0.6 is 0 Å². The molecule has 96 valence electrons. The van der Waals surface area contributed by atoms with E-state index in [1.165, 1.54) is 19.3 Å². The van der Waals surface area contributed by atoms with Crippen LogP contribution in [0.4, 0.5) is 0 Å². The Kier molecular flexibility index (Phi) is 4.54. The molecule has 1 aliphatic carbocycles. The van der Waals surface area contributed by atoms with Crippen molar-refractivity contribution in [3.63, 3.8) is 0 Å². The lowest BCUT2D eigenvalue weighted by Gasteiger charge is -2.12. The Bertz CT molecular complexity index is 330. The molecule has 1 atom stereocenters. The second kappa shape index (κ2) is 6.15. The Morgan fingerprint density at radius 3 is 3.06 bits per heavy atom. The third kappa shape index (κ3) is 4.11. The maximum absolute atomic E-state index is 4.36. The Hall–Kier alpha value is -0.900. The monoisotopic (exact) mass is 236 g/mol. The lowest BCUT2D eigenvalue weighted by molar-refractivity contribution is 0.465. The fraction of sp³-hybridized carbons (Fsp3) is 0.846. The molecular weight excluding hydrogens is 212 g/mol. The van der Waals surface area contributed by atoms with Crippen LogP contribution < -0.4 is 5.32 Å². The first kappa shape index (κ1) is 12.6. The summed E-state index contributed by atoms with van der Waals surface area (Å²) in [5.41, 5.74) is 0. The Balaban J connectivity index is 1.71. The van der Waals surface area contributed by atoms with Crippen molar-refractivity contribution in [3.05, 3.63) is 12.2 Å². The van der Waals surface area contributed by atoms with E-state index in [0.29, 0.717) is 5.92 Å². The van der Waals surface area contributed by atoms with Crippen LogP contribution in [-0.2, 0) is 13.0 Å². The fourth-order valence-electron chi connectivity index (χ4n) is 2.08. The van der Waals surface area contributed by atoms with Gasteiger partial charge in [0.1, 0.15) is 12.2 Å². The van der Waals surface area contributed by atoms with Crippen LogP contribution in [0.25, 0.3) is 0 Å². The summed E-state index contributed by atoms with van der Waals surface area (Å²) in [6.45, 7) is 6.62. The van der Waals surface area contributed by atoms with Crippen molar-refractivity contribution in [1.29, 1.82) is 0 Å². The Labute approximate surface area is 104 Å². The van der Waals surface area contributed by atoms with Crippen molar-refractivity contribution < 1.29 is 0 Å². The SMILES string of the molecule is CCCn1ncnc1CC(C)CCNC1CC1. The number of hydrogen-bond acceptors (Lipinski definition) is 3. The third-order valence-corrected chi connectivity index (χ3v) is 3.31. The van der Waals surface area contributed by atoms with Gasteiger partial charge in [-0.1, -0.05) is 13.8 Å². The third-order valence-electron chi connectivity index (χ3n) is 3.31. The van der Waals surface area contributed by atoms with E-state index in [9.17, 15) is 0 Å². The lowest BCUT2D eigenvalue weighted by atomic mass is 10.0. The van der Waals surface area contributed by atoms with E-state index >= 15 is 0 Å². The maximum atomic E-state index is 4.36. The van der Waals surface area contributed by atoms with Gasteiger partial charge in [0.15, 0.2) is 0 Å². The van der Waals surface area contributed by atoms with Gasteiger partial charge in [0.2, 0.25) is 0 Å². The van der Waals surface area contributed by atoms with Crippen LogP contribution in [0, 0.1) is 5.92 Å². The molecule has 1 aromatic rings. The van der Waals surface area contributed by atoms with Gasteiger partial charge < -0.3 is 5.32 Å². The number of aromatic nitrogens is 3. The number of hydrogen-bond donors (Lipinski definition) is 1. The number of aryl methyl sites for hydroxylation is 1. The predicted molar refractivity (Wildman–Crippen MR) is 68.8 cm³/mol. The molecule has 1 fully saturated rings. The molecule has 4 heteroatoms. The molecule has 1 heterocycles. The van der Waals surface area contributed by atoms with Crippen molar-refractivity contribution in [1.82, 2.24) is 20.1 Å². The molecule has 1 aromatic heterocycles. The standard InChI is InChI=1S/C13H24N4/c1-3-8-17-13(15-10-16-17)9-11(2)6-7-14-12-4-5-12/h10-12,14H,3-9H2,1-2H3. The molecule has 1 aliphatic rings. The van der Waals surface area contributed by atoms with Crippen LogP contribution in [0.3, 0.4) is 0 Å². The molecule has 0 aromatic carbocycles. The summed E-state index contributed by atoms with van der Waals surface area (Å²) >= 11 is 0. The van der Waals surface area contributed by atoms with Gasteiger partial charge in [-0.25, -0.2) is 4.98 Å². The molecule has 1 unspecified atom stereocenters. The number of nitrogens with one attached hydrogen (secondary N) is 1. The van der Waals surface area contributed by atoms with Gasteiger partial charge >= 0.3 is 0 Å². The molecule has 0 aliphatic heterocycles. The zero-order valence-corrected chi connectivity index (χ0v) is 11.0. The summed E-state index contributed by atoms with van der Waals surface area (Å²) in [4.78, 5) is 4.36. The van der Waals surface area contributed by atoms with Crippen molar-refractivity contribution in [2.75, 3.05) is 6.54 Å². The molecule has 4 nitrogen and oxygen atoms in total. The van der Waals surface area contributed by atoms with E-state index in [1.54, 1.807) is 6.33 Å². The van der Waals surface area contributed by atoms with E-state index < -0.39 is 0 Å². The largest absolute Gasteiger partial charge is 0.314 e. The second-order valence-corrected chi connectivity index (χ2v) is 5.23. The smallest absolute Gasteiger partial charge is 0.138 e. The molecular formula is C13H24N4. The molecule has 0 radical (unpaired) electrons. The first-order valence-electron chi connectivity index (χ1n) is 6.89. The van der Waals surface area contributed by atoms with Crippen molar-refractivity contribution >= 4 is 0 Å². The Morgan fingerprint density at radius 1 is 1.53 bits per heavy atom. The van der Waals surface area contributed by atoms with Crippen LogP contribution in [0.2, 0.25) is 0 Å². The van der Waals surface area contributed by atoms with Gasteiger partial charge in [0.05, 0.1) is 0 Å². The predicted octanol–water partition coefficient (Wildman–Crippen LogP) is 2.01. The molecule has 1 saturated carbocycles. The minimum absolute atomic E-state index is 0.682. The molecule has 0 bridgehead atoms. The van der Waals surface area contributed by atoms with E-state index in [0.717, 1.165) is 37.8 Å². The number of rotatable bonds is 8. The van der Waals surface area contributed by atoms with Gasteiger partial charge in [-0.3, -0.25) is 4.68 Å². The number of nitrogens with zero attached hydrogens (tertiary/aromatic N) is 3. The summed E-state index contributed by atoms with van der Waals surface area (Å²) in [6.07, 6.45) is 7.83. The normalized spacial score (nSPS) is 17.3. The minimum atomic E-state index is 0.682. The van der Waals surface area contributed by atoms with Crippen LogP contribution in [0.5, 0.6) is 0 Å². The zero-order chi connectivity index (χ0) is 12.1. The van der Waals surface area contributed by atoms with Gasteiger partial charge in [-0.2, -0.15) is 5.10 Å². The summed E-state index contributed by atoms with van der Waals surface area (Å²) < 4.78 is 2.05. The molecule has 0 spiro atoms. The molecule has 2 rings (SSSR count). The van der Waals surface area contributed by atoms with Crippen molar-refractivity contribution in [2.24, 2.45) is 5.92 Å². The van der Waals surface area contributed by atoms with E-state index in [2.05, 4.69) is 29.2 Å². The summed E-state index contributed by atoms with van der Waals surface area (Å²) in [6, 6.07) is 0.825. The average Bonchev–Trinajstić information content (AvgIpc) is 3.02. The van der Waals surface area contributed by atoms with Gasteiger partial charge in [0.25, 0.3) is 0 Å². The van der Waals surface area contributed by atoms with E-state index in [1.807, 2.05) is 4.68 Å². The topological polar surface area (TPSA) is 42.7 Å². The highest BCUT2D eigenvalue weighted by Crippen LogP contribution is 2.19. The lowest BCUT2D eigenvalue weighted by Crippen LogP contribution is -2.20. The minimum Gasteiger partial charge on any atom is -0.314 e. The summed E-state index contributed by atoms with van der Waals surface area (Å²) in [5, 5.41) is 7.83. The van der Waals surface area contributed by atoms with Gasteiger partial charge in [-0.15, -0.1) is 0 Å². The molecule has 17 heavy (non-hydrogen) atoms. The highest BCUT2D eigenvalue weighted by atomic mass is 15.3. The zero-order valence-electron chi connectivity index (χ0n) is 11.0. The van der Waals surface area contributed by atoms with Crippen LogP contribution in [-0.4, -0.2) is 27.4 Å². The highest BCUT2D eigenvalue weighted by Gasteiger charge is 2.20. The maximum Gasteiger partial charge on any atom is 0.138 e. The average molecular weight is 236 g/mol.